The van der Waals surface area contributed by atoms with Crippen LogP contribution in [0.2, 0.25) is 0 Å². The molecule has 0 aliphatic carbocycles. The molecule has 1 N–H and O–H groups in total. The predicted octanol–water partition coefficient (Wildman–Crippen LogP) is 0.682. The first kappa shape index (κ1) is 12.8. The molecule has 0 spiro atoms. The fourth-order valence-corrected chi connectivity index (χ4v) is 0.805. The minimum atomic E-state index is -0.214. The maximum absolute atomic E-state index is 9.44. The van der Waals surface area contributed by atoms with Crippen molar-refractivity contribution in [3.05, 3.63) is 41.3 Å². The van der Waals surface area contributed by atoms with Gasteiger partial charge in [-0.3, -0.25) is 0 Å². The van der Waals surface area contributed by atoms with E-state index in [-0.39, 0.29) is 45.3 Å². The van der Waals surface area contributed by atoms with Gasteiger partial charge in [0.25, 0.3) is 0 Å². The summed E-state index contributed by atoms with van der Waals surface area (Å²) in [5.74, 6) is 0.0260. The van der Waals surface area contributed by atoms with Gasteiger partial charge in [-0.25, -0.2) is 0 Å². The molecular formula is C9H10N2OY-2. The van der Waals surface area contributed by atoms with Crippen LogP contribution < -0.4 is 0 Å². The molecule has 3 nitrogen and oxygen atoms in total. The molecule has 13 heavy (non-hydrogen) atoms. The van der Waals surface area contributed by atoms with E-state index < -0.39 is 0 Å². The molecule has 0 amide bonds. The van der Waals surface area contributed by atoms with Gasteiger partial charge in [-0.2, -0.15) is 5.56 Å². The smallest absolute Gasteiger partial charge is 0.0428 e. The zero-order chi connectivity index (χ0) is 8.97. The molecular weight excluding hydrogens is 241 g/mol. The Bertz CT molecular complexity index is 264. The fraction of sp³-hybridized carbons (Fsp3) is 0.222. The maximum Gasteiger partial charge on any atom is 0.0428 e. The quantitative estimate of drug-likeness (QED) is 0.363. The summed E-state index contributed by atoms with van der Waals surface area (Å²) in [7, 11) is 1.59. The van der Waals surface area contributed by atoms with Crippen molar-refractivity contribution in [1.29, 1.82) is 0 Å². The van der Waals surface area contributed by atoms with E-state index in [9.17, 15) is 5.41 Å². The molecule has 1 aromatic rings. The minimum Gasteiger partial charge on any atom is -0.521 e. The van der Waals surface area contributed by atoms with Gasteiger partial charge in [0.2, 0.25) is 0 Å². The van der Waals surface area contributed by atoms with Crippen LogP contribution in [0.25, 0.3) is 5.41 Å². The van der Waals surface area contributed by atoms with Crippen LogP contribution in [0.15, 0.2) is 24.3 Å². The third kappa shape index (κ3) is 3.55. The SMILES string of the molecule is CN(CO)C(=[N-])c1[c-]cccc1.[Y]. The van der Waals surface area contributed by atoms with Crippen molar-refractivity contribution in [3.8, 4) is 0 Å². The molecule has 0 atom stereocenters. The Kier molecular flexibility index (Phi) is 6.13. The van der Waals surface area contributed by atoms with Crippen molar-refractivity contribution in [1.82, 2.24) is 4.90 Å². The largest absolute Gasteiger partial charge is 0.521 e. The Morgan fingerprint density at radius 3 is 2.77 bits per heavy atom. The molecule has 1 aromatic carbocycles. The number of hydrogen-bond donors (Lipinski definition) is 1. The second kappa shape index (κ2) is 6.24. The van der Waals surface area contributed by atoms with Gasteiger partial charge < -0.3 is 15.4 Å². The average Bonchev–Trinajstić information content (AvgIpc) is 2.17. The summed E-state index contributed by atoms with van der Waals surface area (Å²) in [6.45, 7) is -0.214. The van der Waals surface area contributed by atoms with Crippen LogP contribution in [0.1, 0.15) is 5.56 Å². The molecule has 0 bridgehead atoms. The average molecular weight is 251 g/mol. The standard InChI is InChI=1S/C9H10N2O.Y/c1-11(7-12)9(10)8-5-3-2-4-6-8;/h2-5,12H,7H2,1H3;/q-2;. The third-order valence-electron chi connectivity index (χ3n) is 1.52. The number of aliphatic hydroxyl groups is 1. The van der Waals surface area contributed by atoms with E-state index in [1.54, 1.807) is 25.2 Å². The van der Waals surface area contributed by atoms with Crippen molar-refractivity contribution < 1.29 is 37.8 Å². The molecule has 0 saturated carbocycles. The Morgan fingerprint density at radius 1 is 1.62 bits per heavy atom. The Balaban J connectivity index is 0.00000144. The molecule has 0 saturated heterocycles. The summed E-state index contributed by atoms with van der Waals surface area (Å²) in [5, 5.41) is 18.1. The van der Waals surface area contributed by atoms with E-state index in [1.165, 1.54) is 4.90 Å². The molecule has 0 aliphatic rings. The molecule has 0 unspecified atom stereocenters. The van der Waals surface area contributed by atoms with Gasteiger partial charge in [-0.1, -0.05) is 7.05 Å². The number of nitrogens with zero attached hydrogens (tertiary/aromatic N) is 2. The van der Waals surface area contributed by atoms with Crippen molar-refractivity contribution in [2.24, 2.45) is 0 Å². The predicted molar refractivity (Wildman–Crippen MR) is 47.6 cm³/mol. The van der Waals surface area contributed by atoms with Gasteiger partial charge in [-0.15, -0.1) is 36.2 Å². The monoisotopic (exact) mass is 251 g/mol. The van der Waals surface area contributed by atoms with Crippen molar-refractivity contribution in [2.45, 2.75) is 0 Å². The van der Waals surface area contributed by atoms with Gasteiger partial charge in [0.15, 0.2) is 0 Å². The second-order valence-corrected chi connectivity index (χ2v) is 2.44. The Labute approximate surface area is 103 Å². The van der Waals surface area contributed by atoms with Crippen molar-refractivity contribution in [3.63, 3.8) is 0 Å². The normalized spacial score (nSPS) is 8.77. The number of hydrogen-bond acceptors (Lipinski definition) is 1. The molecule has 67 valence electrons. The molecule has 1 radical (unpaired) electrons. The van der Waals surface area contributed by atoms with Gasteiger partial charge >= 0.3 is 0 Å². The fourth-order valence-electron chi connectivity index (χ4n) is 0.805. The molecule has 0 fully saturated rings. The third-order valence-corrected chi connectivity index (χ3v) is 1.52. The van der Waals surface area contributed by atoms with Crippen LogP contribution in [-0.2, 0) is 32.7 Å². The zero-order valence-corrected chi connectivity index (χ0v) is 10.3. The van der Waals surface area contributed by atoms with Gasteiger partial charge in [0.05, 0.1) is 0 Å². The minimum absolute atomic E-state index is 0. The molecule has 1 rings (SSSR count). The molecule has 0 aromatic heterocycles. The van der Waals surface area contributed by atoms with Crippen LogP contribution in [-0.4, -0.2) is 29.6 Å². The molecule has 0 heterocycles. The Morgan fingerprint density at radius 2 is 2.31 bits per heavy atom. The van der Waals surface area contributed by atoms with E-state index in [1.807, 2.05) is 6.07 Å². The number of benzene rings is 1. The molecule has 4 heteroatoms. The zero-order valence-electron chi connectivity index (χ0n) is 7.44. The number of aliphatic hydroxyl groups excluding tert-OH is 1. The van der Waals surface area contributed by atoms with E-state index in [0.29, 0.717) is 5.56 Å². The van der Waals surface area contributed by atoms with Gasteiger partial charge in [-0.05, 0) is 0 Å². The Hall–Kier alpha value is -0.246. The first-order chi connectivity index (χ1) is 5.75. The first-order valence-corrected chi connectivity index (χ1v) is 3.60. The maximum atomic E-state index is 9.44. The summed E-state index contributed by atoms with van der Waals surface area (Å²) in [4.78, 5) is 1.33. The van der Waals surface area contributed by atoms with Gasteiger partial charge in [0, 0.05) is 39.4 Å². The first-order valence-electron chi connectivity index (χ1n) is 3.60. The van der Waals surface area contributed by atoms with E-state index in [2.05, 4.69) is 6.07 Å². The number of rotatable bonds is 2. The summed E-state index contributed by atoms with van der Waals surface area (Å²) < 4.78 is 0. The number of amidine groups is 1. The van der Waals surface area contributed by atoms with Crippen molar-refractivity contribution in [2.75, 3.05) is 13.8 Å². The van der Waals surface area contributed by atoms with Gasteiger partial charge in [0.1, 0.15) is 0 Å². The van der Waals surface area contributed by atoms with E-state index >= 15 is 0 Å². The van der Waals surface area contributed by atoms with Crippen LogP contribution >= 0.6 is 0 Å². The summed E-state index contributed by atoms with van der Waals surface area (Å²) in [6, 6.07) is 9.89. The summed E-state index contributed by atoms with van der Waals surface area (Å²) >= 11 is 0. The van der Waals surface area contributed by atoms with E-state index in [0.717, 1.165) is 0 Å². The van der Waals surface area contributed by atoms with E-state index in [4.69, 9.17) is 5.11 Å². The van der Waals surface area contributed by atoms with Crippen LogP contribution in [0, 0.1) is 6.07 Å². The summed E-state index contributed by atoms with van der Waals surface area (Å²) in [6.07, 6.45) is 0. The van der Waals surface area contributed by atoms with Crippen LogP contribution in [0.4, 0.5) is 0 Å². The second-order valence-electron chi connectivity index (χ2n) is 2.44. The summed E-state index contributed by atoms with van der Waals surface area (Å²) in [5.41, 5.74) is 0.578. The van der Waals surface area contributed by atoms with Crippen LogP contribution in [0.5, 0.6) is 0 Å². The van der Waals surface area contributed by atoms with Crippen molar-refractivity contribution >= 4 is 5.84 Å². The topological polar surface area (TPSA) is 45.8 Å². The van der Waals surface area contributed by atoms with Crippen LogP contribution in [0.3, 0.4) is 0 Å². The molecule has 0 aliphatic heterocycles.